The number of methoxy groups -OCH3 is 1. The molecule has 0 saturated heterocycles. The molecule has 0 atom stereocenters. The number of esters is 1. The van der Waals surface area contributed by atoms with Gasteiger partial charge in [0.1, 0.15) is 11.6 Å². The normalized spacial score (nSPS) is 10.6. The smallest absolute Gasteiger partial charge is 0.340 e. The fourth-order valence-electron chi connectivity index (χ4n) is 2.81. The Balaban J connectivity index is 2.39. The SMILES string of the molecule is COC(=O)c1c(-c2ccc(F)cc2)[nH]c(=O)c(C)c1-c1ccc(F)cc1. The topological polar surface area (TPSA) is 59.2 Å². The molecule has 0 amide bonds. The maximum atomic E-state index is 13.3. The number of carbonyl (C=O) groups is 1. The van der Waals surface area contributed by atoms with Crippen molar-refractivity contribution in [2.45, 2.75) is 6.92 Å². The molecule has 1 aromatic heterocycles. The minimum atomic E-state index is -0.664. The fourth-order valence-corrected chi connectivity index (χ4v) is 2.81. The van der Waals surface area contributed by atoms with E-state index < -0.39 is 23.2 Å². The van der Waals surface area contributed by atoms with Crippen molar-refractivity contribution in [3.63, 3.8) is 0 Å². The molecule has 0 unspecified atom stereocenters. The highest BCUT2D eigenvalue weighted by Crippen LogP contribution is 2.32. The summed E-state index contributed by atoms with van der Waals surface area (Å²) in [7, 11) is 1.23. The molecule has 0 spiro atoms. The second-order valence-electron chi connectivity index (χ2n) is 5.71. The van der Waals surface area contributed by atoms with Gasteiger partial charge in [-0.05, 0) is 54.4 Å². The first-order valence-electron chi connectivity index (χ1n) is 7.79. The molecule has 0 saturated carbocycles. The second kappa shape index (κ2) is 6.92. The predicted molar refractivity (Wildman–Crippen MR) is 93.9 cm³/mol. The molecule has 0 bridgehead atoms. The van der Waals surface area contributed by atoms with E-state index in [1.165, 1.54) is 55.6 Å². The summed E-state index contributed by atoms with van der Waals surface area (Å²) in [5, 5.41) is 0. The summed E-state index contributed by atoms with van der Waals surface area (Å²) in [6.45, 7) is 1.57. The van der Waals surface area contributed by atoms with Gasteiger partial charge in [0.2, 0.25) is 0 Å². The van der Waals surface area contributed by atoms with E-state index >= 15 is 0 Å². The van der Waals surface area contributed by atoms with Gasteiger partial charge in [-0.15, -0.1) is 0 Å². The summed E-state index contributed by atoms with van der Waals surface area (Å²) in [6, 6.07) is 10.8. The number of ether oxygens (including phenoxy) is 1. The molecule has 132 valence electrons. The van der Waals surface area contributed by atoms with Crippen LogP contribution in [0.3, 0.4) is 0 Å². The van der Waals surface area contributed by atoms with E-state index in [1.807, 2.05) is 0 Å². The number of hydrogen-bond acceptors (Lipinski definition) is 3. The number of aromatic amines is 1. The lowest BCUT2D eigenvalue weighted by Gasteiger charge is -2.16. The van der Waals surface area contributed by atoms with Crippen LogP contribution in [0.5, 0.6) is 0 Å². The Hall–Kier alpha value is -3.28. The standard InChI is InChI=1S/C20H15F2NO3/c1-11-16(12-3-7-14(21)8-4-12)17(20(25)26-2)18(23-19(11)24)13-5-9-15(22)10-6-13/h3-10H,1-2H3,(H,23,24). The van der Waals surface area contributed by atoms with Gasteiger partial charge in [0.05, 0.1) is 18.4 Å². The quantitative estimate of drug-likeness (QED) is 0.720. The Kier molecular flexibility index (Phi) is 4.67. The van der Waals surface area contributed by atoms with Gasteiger partial charge < -0.3 is 9.72 Å². The molecular formula is C20H15F2NO3. The molecule has 2 aromatic carbocycles. The molecule has 4 nitrogen and oxygen atoms in total. The van der Waals surface area contributed by atoms with Crippen LogP contribution in [0.2, 0.25) is 0 Å². The number of halogens is 2. The second-order valence-corrected chi connectivity index (χ2v) is 5.71. The lowest BCUT2D eigenvalue weighted by molar-refractivity contribution is 0.0602. The van der Waals surface area contributed by atoms with E-state index in [-0.39, 0.29) is 11.3 Å². The minimum Gasteiger partial charge on any atom is -0.465 e. The summed E-state index contributed by atoms with van der Waals surface area (Å²) < 4.78 is 31.4. The minimum absolute atomic E-state index is 0.128. The molecule has 6 heteroatoms. The molecule has 3 rings (SSSR count). The van der Waals surface area contributed by atoms with Gasteiger partial charge >= 0.3 is 5.97 Å². The van der Waals surface area contributed by atoms with E-state index in [0.29, 0.717) is 22.3 Å². The molecule has 0 fully saturated rings. The molecular weight excluding hydrogens is 340 g/mol. The summed E-state index contributed by atoms with van der Waals surface area (Å²) >= 11 is 0. The highest BCUT2D eigenvalue weighted by atomic mass is 19.1. The highest BCUT2D eigenvalue weighted by molar-refractivity contribution is 6.03. The number of benzene rings is 2. The summed E-state index contributed by atoms with van der Waals surface area (Å²) in [5.74, 6) is -1.54. The number of carbonyl (C=O) groups excluding carboxylic acids is 1. The lowest BCUT2D eigenvalue weighted by atomic mass is 9.92. The zero-order valence-corrected chi connectivity index (χ0v) is 14.1. The summed E-state index contributed by atoms with van der Waals surface area (Å²) in [4.78, 5) is 27.6. The largest absolute Gasteiger partial charge is 0.465 e. The number of aromatic nitrogens is 1. The Morgan fingerprint density at radius 2 is 1.42 bits per heavy atom. The van der Waals surface area contributed by atoms with Crippen LogP contribution < -0.4 is 5.56 Å². The van der Waals surface area contributed by atoms with Crippen molar-refractivity contribution in [3.05, 3.63) is 81.6 Å². The molecule has 0 aliphatic rings. The molecule has 1 heterocycles. The molecule has 1 N–H and O–H groups in total. The first kappa shape index (κ1) is 17.5. The Morgan fingerprint density at radius 3 is 1.92 bits per heavy atom. The van der Waals surface area contributed by atoms with Gasteiger partial charge in [0, 0.05) is 11.1 Å². The van der Waals surface area contributed by atoms with E-state index in [1.54, 1.807) is 6.92 Å². The third kappa shape index (κ3) is 3.13. The summed E-state index contributed by atoms with van der Waals surface area (Å²) in [6.07, 6.45) is 0. The zero-order chi connectivity index (χ0) is 18.8. The van der Waals surface area contributed by atoms with E-state index in [9.17, 15) is 18.4 Å². The Morgan fingerprint density at radius 1 is 0.923 bits per heavy atom. The number of hydrogen-bond donors (Lipinski definition) is 1. The van der Waals surface area contributed by atoms with Crippen LogP contribution in [0.15, 0.2) is 53.3 Å². The number of pyridine rings is 1. The van der Waals surface area contributed by atoms with Crippen LogP contribution in [-0.2, 0) is 4.74 Å². The average molecular weight is 355 g/mol. The number of H-pyrrole nitrogens is 1. The third-order valence-corrected chi connectivity index (χ3v) is 4.11. The molecule has 0 radical (unpaired) electrons. The highest BCUT2D eigenvalue weighted by Gasteiger charge is 2.24. The molecule has 0 aliphatic carbocycles. The van der Waals surface area contributed by atoms with Crippen molar-refractivity contribution < 1.29 is 18.3 Å². The average Bonchev–Trinajstić information content (AvgIpc) is 2.64. The zero-order valence-electron chi connectivity index (χ0n) is 14.1. The van der Waals surface area contributed by atoms with Crippen molar-refractivity contribution in [2.24, 2.45) is 0 Å². The maximum Gasteiger partial charge on any atom is 0.340 e. The predicted octanol–water partition coefficient (Wildman–Crippen LogP) is 4.08. The van der Waals surface area contributed by atoms with Crippen LogP contribution in [0.4, 0.5) is 8.78 Å². The fraction of sp³-hybridized carbons (Fsp3) is 0.100. The van der Waals surface area contributed by atoms with Crippen molar-refractivity contribution in [1.29, 1.82) is 0 Å². The van der Waals surface area contributed by atoms with Crippen LogP contribution in [0.25, 0.3) is 22.4 Å². The van der Waals surface area contributed by atoms with Gasteiger partial charge in [-0.1, -0.05) is 12.1 Å². The van der Waals surface area contributed by atoms with Gasteiger partial charge in [-0.25, -0.2) is 13.6 Å². The maximum absolute atomic E-state index is 13.3. The monoisotopic (exact) mass is 355 g/mol. The Bertz CT molecular complexity index is 1020. The third-order valence-electron chi connectivity index (χ3n) is 4.11. The van der Waals surface area contributed by atoms with Crippen LogP contribution in [0, 0.1) is 18.6 Å². The van der Waals surface area contributed by atoms with E-state index in [2.05, 4.69) is 4.98 Å². The van der Waals surface area contributed by atoms with Crippen molar-refractivity contribution >= 4 is 5.97 Å². The first-order valence-corrected chi connectivity index (χ1v) is 7.79. The number of rotatable bonds is 3. The van der Waals surface area contributed by atoms with Crippen LogP contribution in [-0.4, -0.2) is 18.1 Å². The number of nitrogens with one attached hydrogen (secondary N) is 1. The molecule has 3 aromatic rings. The van der Waals surface area contributed by atoms with Crippen molar-refractivity contribution in [1.82, 2.24) is 4.98 Å². The Labute approximate surface area is 148 Å². The van der Waals surface area contributed by atoms with Gasteiger partial charge in [-0.2, -0.15) is 0 Å². The van der Waals surface area contributed by atoms with Crippen LogP contribution in [0.1, 0.15) is 15.9 Å². The van der Waals surface area contributed by atoms with Gasteiger partial charge in [-0.3, -0.25) is 4.79 Å². The summed E-state index contributed by atoms with van der Waals surface area (Å²) in [5.41, 5.74) is 1.53. The van der Waals surface area contributed by atoms with Crippen molar-refractivity contribution in [2.75, 3.05) is 7.11 Å². The molecule has 26 heavy (non-hydrogen) atoms. The van der Waals surface area contributed by atoms with E-state index in [4.69, 9.17) is 4.74 Å². The van der Waals surface area contributed by atoms with Gasteiger partial charge in [0.25, 0.3) is 5.56 Å². The lowest BCUT2D eigenvalue weighted by Crippen LogP contribution is -2.18. The van der Waals surface area contributed by atoms with Gasteiger partial charge in [0.15, 0.2) is 0 Å². The first-order chi connectivity index (χ1) is 12.4. The van der Waals surface area contributed by atoms with Crippen molar-refractivity contribution in [3.8, 4) is 22.4 Å². The molecule has 0 aliphatic heterocycles. The van der Waals surface area contributed by atoms with E-state index in [0.717, 1.165) is 0 Å². The van der Waals surface area contributed by atoms with Crippen LogP contribution >= 0.6 is 0 Å².